The van der Waals surface area contributed by atoms with Crippen molar-refractivity contribution in [2.24, 2.45) is 0 Å². The third-order valence-electron chi connectivity index (χ3n) is 4.48. The lowest BCUT2D eigenvalue weighted by Gasteiger charge is -2.16. The van der Waals surface area contributed by atoms with Gasteiger partial charge in [0.1, 0.15) is 0 Å². The predicted molar refractivity (Wildman–Crippen MR) is 89.1 cm³/mol. The van der Waals surface area contributed by atoms with Crippen LogP contribution in [0.3, 0.4) is 0 Å². The molecular weight excluding hydrogens is 304 g/mol. The minimum Gasteiger partial charge on any atom is -0.354 e. The first-order chi connectivity index (χ1) is 11.8. The predicted octanol–water partition coefficient (Wildman–Crippen LogP) is 1.93. The molecule has 0 radical (unpaired) electrons. The highest BCUT2D eigenvalue weighted by Crippen LogP contribution is 2.24. The van der Waals surface area contributed by atoms with E-state index in [9.17, 15) is 4.79 Å². The largest absolute Gasteiger partial charge is 0.354 e. The van der Waals surface area contributed by atoms with Gasteiger partial charge >= 0.3 is 0 Å². The Bertz CT molecular complexity index is 633. The number of ketones is 1. The van der Waals surface area contributed by atoms with Gasteiger partial charge in [-0.1, -0.05) is 60.7 Å². The zero-order valence-electron chi connectivity index (χ0n) is 13.2. The number of carbonyl (C=O) groups excluding carboxylic acids is 1. The Morgan fingerprint density at radius 3 is 1.58 bits per heavy atom. The highest BCUT2D eigenvalue weighted by molar-refractivity contribution is 5.87. The maximum Gasteiger partial charge on any atom is 0.219 e. The number of hydrogen-bond acceptors (Lipinski definition) is 5. The minimum absolute atomic E-state index is 0.0338. The van der Waals surface area contributed by atoms with Crippen LogP contribution in [0.25, 0.3) is 0 Å². The Hall–Kier alpha value is -2.05. The maximum absolute atomic E-state index is 12.6. The third-order valence-corrected chi connectivity index (χ3v) is 4.48. The number of benzene rings is 2. The van der Waals surface area contributed by atoms with Crippen LogP contribution in [0, 0.1) is 0 Å². The molecule has 2 aromatic rings. The first-order valence-corrected chi connectivity index (χ1v) is 8.20. The summed E-state index contributed by atoms with van der Waals surface area (Å²) in [5.41, 5.74) is 2.24. The summed E-state index contributed by atoms with van der Waals surface area (Å²) in [6, 6.07) is 20.1. The number of nitrogens with one attached hydrogen (secondary N) is 2. The van der Waals surface area contributed by atoms with Crippen molar-refractivity contribution in [1.29, 1.82) is 0 Å². The molecule has 24 heavy (non-hydrogen) atoms. The maximum atomic E-state index is 12.6. The van der Waals surface area contributed by atoms with Crippen molar-refractivity contribution in [3.05, 3.63) is 71.8 Å². The summed E-state index contributed by atoms with van der Waals surface area (Å²) in [4.78, 5) is 12.6. The van der Waals surface area contributed by atoms with Crippen molar-refractivity contribution in [1.82, 2.24) is 10.6 Å². The fraction of sp³-hybridized carbons (Fsp3) is 0.316. The van der Waals surface area contributed by atoms with Gasteiger partial charge in [0.05, 0.1) is 25.3 Å². The molecule has 124 valence electrons. The molecule has 5 nitrogen and oxygen atoms in total. The summed E-state index contributed by atoms with van der Waals surface area (Å²) in [6.45, 7) is 0.963. The van der Waals surface area contributed by atoms with Gasteiger partial charge in [-0.25, -0.2) is 0 Å². The smallest absolute Gasteiger partial charge is 0.219 e. The van der Waals surface area contributed by atoms with Gasteiger partial charge in [-0.15, -0.1) is 0 Å². The second-order valence-corrected chi connectivity index (χ2v) is 6.09. The van der Waals surface area contributed by atoms with Crippen molar-refractivity contribution in [2.45, 2.75) is 24.5 Å². The van der Waals surface area contributed by atoms with Crippen LogP contribution < -0.4 is 10.6 Å². The molecule has 4 atom stereocenters. The van der Waals surface area contributed by atoms with Gasteiger partial charge in [0.15, 0.2) is 12.5 Å². The van der Waals surface area contributed by atoms with Gasteiger partial charge in [-0.2, -0.15) is 0 Å². The van der Waals surface area contributed by atoms with Gasteiger partial charge in [0.25, 0.3) is 0 Å². The van der Waals surface area contributed by atoms with Crippen LogP contribution in [-0.4, -0.2) is 31.5 Å². The van der Waals surface area contributed by atoms with Crippen molar-refractivity contribution < 1.29 is 14.3 Å². The Morgan fingerprint density at radius 2 is 1.17 bits per heavy atom. The molecule has 2 N–H and O–H groups in total. The topological polar surface area (TPSA) is 59.6 Å². The summed E-state index contributed by atoms with van der Waals surface area (Å²) in [5, 5.41) is 6.49. The van der Waals surface area contributed by atoms with Gasteiger partial charge < -0.3 is 9.47 Å². The molecule has 0 aliphatic carbocycles. The molecule has 2 heterocycles. The first kappa shape index (κ1) is 15.5. The van der Waals surface area contributed by atoms with E-state index in [1.807, 2.05) is 60.7 Å². The zero-order chi connectivity index (χ0) is 16.4. The van der Waals surface area contributed by atoms with Crippen molar-refractivity contribution in [3.63, 3.8) is 0 Å². The first-order valence-electron chi connectivity index (χ1n) is 8.20. The second-order valence-electron chi connectivity index (χ2n) is 6.09. The Morgan fingerprint density at radius 1 is 0.750 bits per heavy atom. The molecule has 2 saturated heterocycles. The highest BCUT2D eigenvalue weighted by Gasteiger charge is 2.39. The molecule has 5 heteroatoms. The number of Topliss-reactive ketones (excluding diaryl/α,β-unsaturated/α-hetero) is 1. The summed E-state index contributed by atoms with van der Waals surface area (Å²) >= 11 is 0. The minimum atomic E-state index is -0.637. The molecule has 2 aliphatic rings. The number of rotatable bonds is 4. The van der Waals surface area contributed by atoms with Crippen LogP contribution in [0.4, 0.5) is 0 Å². The number of hydrogen-bond donors (Lipinski definition) is 2. The van der Waals surface area contributed by atoms with Gasteiger partial charge in [-0.3, -0.25) is 15.4 Å². The van der Waals surface area contributed by atoms with E-state index in [4.69, 9.17) is 9.47 Å². The van der Waals surface area contributed by atoms with Crippen LogP contribution in [0.15, 0.2) is 60.7 Å². The fourth-order valence-corrected chi connectivity index (χ4v) is 3.16. The summed E-state index contributed by atoms with van der Waals surface area (Å²) in [6.07, 6.45) is -1.27. The van der Waals surface area contributed by atoms with Gasteiger partial charge in [-0.05, 0) is 11.1 Å². The van der Waals surface area contributed by atoms with Crippen LogP contribution >= 0.6 is 0 Å². The van der Waals surface area contributed by atoms with Crippen LogP contribution in [0.1, 0.15) is 23.2 Å². The van der Waals surface area contributed by atoms with Crippen molar-refractivity contribution >= 4 is 5.78 Å². The SMILES string of the molecule is O=C(C1N[C@@H](c2ccccc2)CO1)C1N[C@@H](c2ccccc2)CO1. The van der Waals surface area contributed by atoms with Crippen LogP contribution in [0.5, 0.6) is 0 Å². The lowest BCUT2D eigenvalue weighted by molar-refractivity contribution is -0.139. The normalized spacial score (nSPS) is 29.7. The Labute approximate surface area is 141 Å². The molecule has 2 aliphatic heterocycles. The van der Waals surface area contributed by atoms with E-state index in [-0.39, 0.29) is 17.9 Å². The van der Waals surface area contributed by atoms with Gasteiger partial charge in [0, 0.05) is 0 Å². The molecule has 0 saturated carbocycles. The van der Waals surface area contributed by atoms with E-state index in [2.05, 4.69) is 10.6 Å². The zero-order valence-corrected chi connectivity index (χ0v) is 13.2. The Balaban J connectivity index is 1.37. The molecule has 0 aromatic heterocycles. The lowest BCUT2D eigenvalue weighted by Crippen LogP contribution is -2.45. The fourth-order valence-electron chi connectivity index (χ4n) is 3.16. The van der Waals surface area contributed by atoms with E-state index in [1.54, 1.807) is 0 Å². The molecule has 2 unspecified atom stereocenters. The molecule has 0 bridgehead atoms. The monoisotopic (exact) mass is 324 g/mol. The van der Waals surface area contributed by atoms with E-state index >= 15 is 0 Å². The lowest BCUT2D eigenvalue weighted by atomic mass is 10.1. The number of carbonyl (C=O) groups is 1. The number of ether oxygens (including phenoxy) is 2. The van der Waals surface area contributed by atoms with Crippen LogP contribution in [-0.2, 0) is 14.3 Å². The molecule has 2 aromatic carbocycles. The Kier molecular flexibility index (Phi) is 4.40. The average molecular weight is 324 g/mol. The summed E-state index contributed by atoms with van der Waals surface area (Å²) in [5.74, 6) is -0.105. The highest BCUT2D eigenvalue weighted by atomic mass is 16.5. The van der Waals surface area contributed by atoms with E-state index in [0.29, 0.717) is 13.2 Å². The molecular formula is C19H20N2O3. The molecule has 0 amide bonds. The van der Waals surface area contributed by atoms with Crippen LogP contribution in [0.2, 0.25) is 0 Å². The third kappa shape index (κ3) is 3.12. The summed E-state index contributed by atoms with van der Waals surface area (Å²) in [7, 11) is 0. The average Bonchev–Trinajstić information content (AvgIpc) is 3.33. The van der Waals surface area contributed by atoms with E-state index in [1.165, 1.54) is 0 Å². The second kappa shape index (κ2) is 6.83. The molecule has 0 spiro atoms. The quantitative estimate of drug-likeness (QED) is 0.900. The molecule has 2 fully saturated rings. The molecule has 4 rings (SSSR count). The van der Waals surface area contributed by atoms with E-state index < -0.39 is 12.5 Å². The van der Waals surface area contributed by atoms with Gasteiger partial charge in [0.2, 0.25) is 5.78 Å². The van der Waals surface area contributed by atoms with E-state index in [0.717, 1.165) is 11.1 Å². The standard InChI is InChI=1S/C19H20N2O3/c22-17(18-20-15(11-23-18)13-7-3-1-4-8-13)19-21-16(12-24-19)14-9-5-2-6-10-14/h1-10,15-16,18-21H,11-12H2/t15-,16-,18?,19?/m1/s1. The van der Waals surface area contributed by atoms with Crippen molar-refractivity contribution in [3.8, 4) is 0 Å². The summed E-state index contributed by atoms with van der Waals surface area (Å²) < 4.78 is 11.3. The van der Waals surface area contributed by atoms with Crippen molar-refractivity contribution in [2.75, 3.05) is 13.2 Å².